The van der Waals surface area contributed by atoms with E-state index < -0.39 is 11.7 Å². The van der Waals surface area contributed by atoms with Gasteiger partial charge in [0, 0.05) is 5.69 Å². The smallest absolute Gasteiger partial charge is 0.412 e. The van der Waals surface area contributed by atoms with Crippen LogP contribution >= 0.6 is 0 Å². The molecule has 1 atom stereocenters. The lowest BCUT2D eigenvalue weighted by Gasteiger charge is -2.21. The summed E-state index contributed by atoms with van der Waals surface area (Å²) in [6.45, 7) is 5.48. The van der Waals surface area contributed by atoms with Gasteiger partial charge in [0.05, 0.1) is 13.0 Å². The summed E-state index contributed by atoms with van der Waals surface area (Å²) in [6.07, 6.45) is 3.99. The molecule has 0 heterocycles. The fourth-order valence-electron chi connectivity index (χ4n) is 2.67. The molecule has 1 N–H and O–H groups in total. The van der Waals surface area contributed by atoms with E-state index in [4.69, 9.17) is 9.47 Å². The summed E-state index contributed by atoms with van der Waals surface area (Å²) in [5, 5.41) is 2.72. The number of hydrogen-bond donors (Lipinski definition) is 1. The van der Waals surface area contributed by atoms with Crippen LogP contribution in [0.4, 0.5) is 10.5 Å². The monoisotopic (exact) mass is 331 g/mol. The number of ether oxygens (including phenoxy) is 2. The number of amides is 1. The van der Waals surface area contributed by atoms with Crippen molar-refractivity contribution in [3.63, 3.8) is 0 Å². The summed E-state index contributed by atoms with van der Waals surface area (Å²) in [5.74, 6) is -0.172. The molecule has 0 bridgehead atoms. The fourth-order valence-corrected chi connectivity index (χ4v) is 2.67. The van der Waals surface area contributed by atoms with Gasteiger partial charge in [0.1, 0.15) is 5.60 Å². The number of hydrogen-bond acceptors (Lipinski definition) is 4. The number of methoxy groups -OCH3 is 1. The summed E-state index contributed by atoms with van der Waals surface area (Å²) in [6, 6.07) is 7.65. The largest absolute Gasteiger partial charge is 0.469 e. The number of carbonyl (C=O) groups excluding carboxylic acids is 2. The van der Waals surface area contributed by atoms with Crippen LogP contribution in [0.1, 0.15) is 45.6 Å². The van der Waals surface area contributed by atoms with Crippen LogP contribution in [0.15, 0.2) is 30.3 Å². The normalized spacial score (nSPS) is 17.7. The van der Waals surface area contributed by atoms with Crippen molar-refractivity contribution in [1.82, 2.24) is 0 Å². The van der Waals surface area contributed by atoms with Crippen molar-refractivity contribution in [3.05, 3.63) is 35.9 Å². The highest BCUT2D eigenvalue weighted by Gasteiger charge is 2.22. The lowest BCUT2D eigenvalue weighted by atomic mass is 9.86. The van der Waals surface area contributed by atoms with E-state index in [1.54, 1.807) is 0 Å². The molecule has 1 aliphatic rings. The summed E-state index contributed by atoms with van der Waals surface area (Å²) < 4.78 is 10.0. The molecule has 1 aliphatic carbocycles. The zero-order valence-corrected chi connectivity index (χ0v) is 14.7. The minimum atomic E-state index is -0.521. The maximum atomic E-state index is 11.8. The van der Waals surface area contributed by atoms with Crippen molar-refractivity contribution in [3.8, 4) is 0 Å². The molecule has 0 spiro atoms. The molecule has 0 saturated carbocycles. The van der Waals surface area contributed by atoms with E-state index in [1.807, 2.05) is 45.0 Å². The maximum absolute atomic E-state index is 11.8. The van der Waals surface area contributed by atoms with Crippen LogP contribution in [0.25, 0.3) is 5.57 Å². The number of benzene rings is 1. The molecular weight excluding hydrogens is 306 g/mol. The van der Waals surface area contributed by atoms with Crippen molar-refractivity contribution in [2.45, 2.75) is 45.6 Å². The molecule has 0 aliphatic heterocycles. The van der Waals surface area contributed by atoms with Crippen molar-refractivity contribution < 1.29 is 19.1 Å². The molecule has 0 saturated heterocycles. The van der Waals surface area contributed by atoms with Gasteiger partial charge in [0.2, 0.25) is 0 Å². The highest BCUT2D eigenvalue weighted by molar-refractivity contribution is 5.85. The van der Waals surface area contributed by atoms with Gasteiger partial charge < -0.3 is 9.47 Å². The Balaban J connectivity index is 1.96. The molecule has 0 aromatic heterocycles. The molecule has 0 fully saturated rings. The number of nitrogens with one attached hydrogen (secondary N) is 1. The van der Waals surface area contributed by atoms with Crippen LogP contribution < -0.4 is 5.32 Å². The SMILES string of the molecule is COC(=O)C1CC=C(c2ccc(NC(=O)OC(C)(C)C)cc2)CC1. The Hall–Kier alpha value is -2.30. The third-order valence-corrected chi connectivity index (χ3v) is 3.85. The Morgan fingerprint density at radius 3 is 2.33 bits per heavy atom. The van der Waals surface area contributed by atoms with E-state index in [2.05, 4.69) is 11.4 Å². The molecule has 5 heteroatoms. The molecule has 1 amide bonds. The second-order valence-electron chi connectivity index (χ2n) is 6.93. The lowest BCUT2D eigenvalue weighted by molar-refractivity contribution is -0.145. The first-order valence-corrected chi connectivity index (χ1v) is 8.16. The Kier molecular flexibility index (Phi) is 5.65. The van der Waals surface area contributed by atoms with Gasteiger partial charge in [-0.15, -0.1) is 0 Å². The molecular formula is C19H25NO4. The Bertz CT molecular complexity index is 626. The number of rotatable bonds is 3. The molecule has 130 valence electrons. The number of allylic oxidation sites excluding steroid dienone is 2. The second kappa shape index (κ2) is 7.51. The molecule has 1 unspecified atom stereocenters. The third kappa shape index (κ3) is 5.11. The van der Waals surface area contributed by atoms with Gasteiger partial charge in [-0.25, -0.2) is 4.79 Å². The van der Waals surface area contributed by atoms with Crippen molar-refractivity contribution in [1.29, 1.82) is 0 Å². The second-order valence-corrected chi connectivity index (χ2v) is 6.93. The van der Waals surface area contributed by atoms with E-state index in [0.29, 0.717) is 12.1 Å². The van der Waals surface area contributed by atoms with Gasteiger partial charge in [-0.05, 0) is 63.3 Å². The van der Waals surface area contributed by atoms with Gasteiger partial charge in [0.15, 0.2) is 0 Å². The van der Waals surface area contributed by atoms with E-state index in [9.17, 15) is 9.59 Å². The summed E-state index contributed by atoms with van der Waals surface area (Å²) >= 11 is 0. The third-order valence-electron chi connectivity index (χ3n) is 3.85. The summed E-state index contributed by atoms with van der Waals surface area (Å²) in [4.78, 5) is 23.3. The summed E-state index contributed by atoms with van der Waals surface area (Å²) in [7, 11) is 1.43. The van der Waals surface area contributed by atoms with Gasteiger partial charge in [-0.2, -0.15) is 0 Å². The van der Waals surface area contributed by atoms with E-state index >= 15 is 0 Å². The van der Waals surface area contributed by atoms with Crippen LogP contribution in [0.5, 0.6) is 0 Å². The van der Waals surface area contributed by atoms with Crippen molar-refractivity contribution in [2.75, 3.05) is 12.4 Å². The molecule has 0 radical (unpaired) electrons. The van der Waals surface area contributed by atoms with Crippen LogP contribution in [0.3, 0.4) is 0 Å². The highest BCUT2D eigenvalue weighted by atomic mass is 16.6. The standard InChI is InChI=1S/C19H25NO4/c1-19(2,3)24-18(22)20-16-11-9-14(10-12-16)13-5-7-15(8-6-13)17(21)23-4/h5,9-12,15H,6-8H2,1-4H3,(H,20,22). The number of esters is 1. The van der Waals surface area contributed by atoms with Gasteiger partial charge in [-0.1, -0.05) is 18.2 Å². The fraction of sp³-hybridized carbons (Fsp3) is 0.474. The Morgan fingerprint density at radius 1 is 1.17 bits per heavy atom. The van der Waals surface area contributed by atoms with Crippen LogP contribution in [-0.2, 0) is 14.3 Å². The number of anilines is 1. The van der Waals surface area contributed by atoms with Gasteiger partial charge in [-0.3, -0.25) is 10.1 Å². The minimum absolute atomic E-state index is 0.0353. The van der Waals surface area contributed by atoms with Gasteiger partial charge >= 0.3 is 12.1 Å². The zero-order chi connectivity index (χ0) is 17.7. The average Bonchev–Trinajstić information content (AvgIpc) is 2.53. The molecule has 2 rings (SSSR count). The first kappa shape index (κ1) is 18.0. The van der Waals surface area contributed by atoms with Crippen molar-refractivity contribution >= 4 is 23.3 Å². The first-order valence-electron chi connectivity index (χ1n) is 8.16. The van der Waals surface area contributed by atoms with Crippen LogP contribution in [0, 0.1) is 5.92 Å². The Labute approximate surface area is 143 Å². The van der Waals surface area contributed by atoms with E-state index in [0.717, 1.165) is 18.4 Å². The average molecular weight is 331 g/mol. The number of carbonyl (C=O) groups is 2. The van der Waals surface area contributed by atoms with E-state index in [1.165, 1.54) is 12.7 Å². The predicted octanol–water partition coefficient (Wildman–Crippen LogP) is 4.39. The zero-order valence-electron chi connectivity index (χ0n) is 14.7. The summed E-state index contributed by atoms with van der Waals surface area (Å²) in [5.41, 5.74) is 2.50. The first-order chi connectivity index (χ1) is 11.3. The Morgan fingerprint density at radius 2 is 1.83 bits per heavy atom. The van der Waals surface area contributed by atoms with Gasteiger partial charge in [0.25, 0.3) is 0 Å². The molecule has 24 heavy (non-hydrogen) atoms. The quantitative estimate of drug-likeness (QED) is 0.834. The maximum Gasteiger partial charge on any atom is 0.412 e. The van der Waals surface area contributed by atoms with Crippen LogP contribution in [-0.4, -0.2) is 24.8 Å². The van der Waals surface area contributed by atoms with E-state index in [-0.39, 0.29) is 11.9 Å². The highest BCUT2D eigenvalue weighted by Crippen LogP contribution is 2.31. The van der Waals surface area contributed by atoms with Crippen LogP contribution in [0.2, 0.25) is 0 Å². The predicted molar refractivity (Wildman–Crippen MR) is 93.6 cm³/mol. The molecule has 1 aromatic rings. The topological polar surface area (TPSA) is 64.6 Å². The lowest BCUT2D eigenvalue weighted by Crippen LogP contribution is -2.27. The molecule has 1 aromatic carbocycles. The molecule has 5 nitrogen and oxygen atoms in total. The van der Waals surface area contributed by atoms with Crippen molar-refractivity contribution in [2.24, 2.45) is 5.92 Å². The minimum Gasteiger partial charge on any atom is -0.469 e.